The first-order chi connectivity index (χ1) is 11.6. The summed E-state index contributed by atoms with van der Waals surface area (Å²) < 4.78 is 2.21. The van der Waals surface area contributed by atoms with Crippen molar-refractivity contribution in [3.63, 3.8) is 0 Å². The number of para-hydroxylation sites is 1. The molecule has 0 fully saturated rings. The number of rotatable bonds is 6. The molecule has 0 unspecified atom stereocenters. The average Bonchev–Trinajstić information content (AvgIpc) is 2.75. The first kappa shape index (κ1) is 19.6. The normalized spacial score (nSPS) is 12.6. The molecule has 0 saturated heterocycles. The SMILES string of the molecule is CCCCn1c(C(=O)NC(C)(C)CC(C)(C)C)c(C)c2ccccc21. The van der Waals surface area contributed by atoms with Gasteiger partial charge in [-0.1, -0.05) is 52.3 Å². The van der Waals surface area contributed by atoms with Gasteiger partial charge in [0.2, 0.25) is 0 Å². The second-order valence-electron chi connectivity index (χ2n) is 9.07. The van der Waals surface area contributed by atoms with Crippen molar-refractivity contribution in [3.05, 3.63) is 35.5 Å². The third-order valence-electron chi connectivity index (χ3n) is 4.60. The Hall–Kier alpha value is -1.77. The number of nitrogens with one attached hydrogen (secondary N) is 1. The number of unbranched alkanes of at least 4 members (excludes halogenated alkanes) is 1. The molecular formula is C22H34N2O. The molecule has 1 aromatic carbocycles. The van der Waals surface area contributed by atoms with Crippen LogP contribution in [0.4, 0.5) is 0 Å². The van der Waals surface area contributed by atoms with E-state index in [2.05, 4.69) is 76.5 Å². The van der Waals surface area contributed by atoms with Crippen molar-refractivity contribution in [3.8, 4) is 0 Å². The zero-order valence-corrected chi connectivity index (χ0v) is 17.0. The van der Waals surface area contributed by atoms with Crippen LogP contribution >= 0.6 is 0 Å². The van der Waals surface area contributed by atoms with Crippen LogP contribution in [0, 0.1) is 12.3 Å². The van der Waals surface area contributed by atoms with Gasteiger partial charge in [-0.3, -0.25) is 4.79 Å². The number of carbonyl (C=O) groups excluding carboxylic acids is 1. The summed E-state index contributed by atoms with van der Waals surface area (Å²) in [6.45, 7) is 16.0. The molecule has 2 aromatic rings. The molecule has 0 aliphatic carbocycles. The molecule has 25 heavy (non-hydrogen) atoms. The first-order valence-electron chi connectivity index (χ1n) is 9.46. The van der Waals surface area contributed by atoms with Gasteiger partial charge in [0.1, 0.15) is 5.69 Å². The number of fused-ring (bicyclic) bond motifs is 1. The van der Waals surface area contributed by atoms with E-state index in [4.69, 9.17) is 0 Å². The summed E-state index contributed by atoms with van der Waals surface area (Å²) in [6, 6.07) is 8.33. The van der Waals surface area contributed by atoms with E-state index in [1.807, 2.05) is 6.07 Å². The molecule has 3 nitrogen and oxygen atoms in total. The topological polar surface area (TPSA) is 34.0 Å². The zero-order chi connectivity index (χ0) is 18.8. The van der Waals surface area contributed by atoms with Crippen LogP contribution in [0.2, 0.25) is 0 Å². The standard InChI is InChI=1S/C22H34N2O/c1-8-9-14-24-18-13-11-10-12-17(18)16(2)19(24)20(25)23-22(6,7)15-21(3,4)5/h10-13H,8-9,14-15H2,1-7H3,(H,23,25). The van der Waals surface area contributed by atoms with Gasteiger partial charge in [-0.15, -0.1) is 0 Å². The Labute approximate surface area is 152 Å². The van der Waals surface area contributed by atoms with E-state index >= 15 is 0 Å². The molecule has 0 atom stereocenters. The Morgan fingerprint density at radius 3 is 2.36 bits per heavy atom. The fourth-order valence-corrected chi connectivity index (χ4v) is 4.05. The van der Waals surface area contributed by atoms with Gasteiger partial charge in [0, 0.05) is 23.0 Å². The number of amides is 1. The second-order valence-corrected chi connectivity index (χ2v) is 9.07. The van der Waals surface area contributed by atoms with Crippen molar-refractivity contribution < 1.29 is 4.79 Å². The smallest absolute Gasteiger partial charge is 0.268 e. The molecule has 1 aromatic heterocycles. The summed E-state index contributed by atoms with van der Waals surface area (Å²) in [7, 11) is 0. The second kappa shape index (κ2) is 7.23. The lowest BCUT2D eigenvalue weighted by Gasteiger charge is -2.33. The molecule has 0 radical (unpaired) electrons. The summed E-state index contributed by atoms with van der Waals surface area (Å²) >= 11 is 0. The van der Waals surface area contributed by atoms with Gasteiger partial charge in [-0.05, 0) is 50.7 Å². The average molecular weight is 343 g/mol. The minimum absolute atomic E-state index is 0.0408. The molecule has 0 aliphatic heterocycles. The highest BCUT2D eigenvalue weighted by atomic mass is 16.2. The Balaban J connectivity index is 2.41. The Kier molecular flexibility index (Phi) is 5.65. The number of hydrogen-bond donors (Lipinski definition) is 1. The molecule has 138 valence electrons. The molecule has 1 heterocycles. The van der Waals surface area contributed by atoms with E-state index in [1.54, 1.807) is 0 Å². The highest BCUT2D eigenvalue weighted by Gasteiger charge is 2.29. The molecule has 1 amide bonds. The molecule has 0 spiro atoms. The summed E-state index contributed by atoms with van der Waals surface area (Å²) in [5.41, 5.74) is 2.98. The third-order valence-corrected chi connectivity index (χ3v) is 4.60. The maximum atomic E-state index is 13.2. The first-order valence-corrected chi connectivity index (χ1v) is 9.46. The van der Waals surface area contributed by atoms with Gasteiger partial charge in [-0.25, -0.2) is 0 Å². The fraction of sp³-hybridized carbons (Fsp3) is 0.591. The van der Waals surface area contributed by atoms with Crippen LogP contribution in [-0.2, 0) is 6.54 Å². The molecular weight excluding hydrogens is 308 g/mol. The summed E-state index contributed by atoms with van der Waals surface area (Å²) in [6.07, 6.45) is 3.12. The van der Waals surface area contributed by atoms with E-state index in [9.17, 15) is 4.79 Å². The van der Waals surface area contributed by atoms with Crippen LogP contribution in [-0.4, -0.2) is 16.0 Å². The van der Waals surface area contributed by atoms with Gasteiger partial charge in [-0.2, -0.15) is 0 Å². The molecule has 3 heteroatoms. The summed E-state index contributed by atoms with van der Waals surface area (Å²) in [5.74, 6) is 0.0408. The van der Waals surface area contributed by atoms with Crippen molar-refractivity contribution in [1.29, 1.82) is 0 Å². The Morgan fingerprint density at radius 1 is 1.12 bits per heavy atom. The van der Waals surface area contributed by atoms with Gasteiger partial charge in [0.25, 0.3) is 5.91 Å². The van der Waals surface area contributed by atoms with E-state index in [-0.39, 0.29) is 16.9 Å². The molecule has 1 N–H and O–H groups in total. The highest BCUT2D eigenvalue weighted by molar-refractivity contribution is 6.01. The van der Waals surface area contributed by atoms with Crippen LogP contribution in [0.25, 0.3) is 10.9 Å². The van der Waals surface area contributed by atoms with E-state index in [0.717, 1.165) is 42.6 Å². The molecule has 2 rings (SSSR count). The lowest BCUT2D eigenvalue weighted by Crippen LogP contribution is -2.46. The molecule has 0 aliphatic rings. The number of benzene rings is 1. The van der Waals surface area contributed by atoms with Crippen LogP contribution in [0.1, 0.15) is 76.9 Å². The van der Waals surface area contributed by atoms with E-state index < -0.39 is 0 Å². The summed E-state index contributed by atoms with van der Waals surface area (Å²) in [5, 5.41) is 4.47. The maximum Gasteiger partial charge on any atom is 0.268 e. The predicted molar refractivity (Wildman–Crippen MR) is 107 cm³/mol. The van der Waals surface area contributed by atoms with Crippen molar-refractivity contribution in [2.75, 3.05) is 0 Å². The van der Waals surface area contributed by atoms with Crippen molar-refractivity contribution in [1.82, 2.24) is 9.88 Å². The van der Waals surface area contributed by atoms with Crippen LogP contribution in [0.15, 0.2) is 24.3 Å². The largest absolute Gasteiger partial charge is 0.346 e. The lowest BCUT2D eigenvalue weighted by atomic mass is 9.81. The van der Waals surface area contributed by atoms with Gasteiger partial charge in [0.05, 0.1) is 0 Å². The van der Waals surface area contributed by atoms with Crippen LogP contribution in [0.3, 0.4) is 0 Å². The Morgan fingerprint density at radius 2 is 1.76 bits per heavy atom. The van der Waals surface area contributed by atoms with Crippen molar-refractivity contribution in [2.24, 2.45) is 5.41 Å². The van der Waals surface area contributed by atoms with Gasteiger partial charge < -0.3 is 9.88 Å². The van der Waals surface area contributed by atoms with Crippen molar-refractivity contribution in [2.45, 2.75) is 79.8 Å². The third kappa shape index (κ3) is 4.65. The van der Waals surface area contributed by atoms with E-state index in [1.165, 1.54) is 5.39 Å². The zero-order valence-electron chi connectivity index (χ0n) is 17.0. The number of hydrogen-bond acceptors (Lipinski definition) is 1. The summed E-state index contributed by atoms with van der Waals surface area (Å²) in [4.78, 5) is 13.2. The predicted octanol–water partition coefficient (Wildman–Crippen LogP) is 5.69. The number of nitrogens with zero attached hydrogens (tertiary/aromatic N) is 1. The highest BCUT2D eigenvalue weighted by Crippen LogP contribution is 2.29. The van der Waals surface area contributed by atoms with Crippen molar-refractivity contribution >= 4 is 16.8 Å². The molecule has 0 saturated carbocycles. The Bertz CT molecular complexity index is 747. The lowest BCUT2D eigenvalue weighted by molar-refractivity contribution is 0.0881. The van der Waals surface area contributed by atoms with Gasteiger partial charge in [0.15, 0.2) is 0 Å². The molecule has 0 bridgehead atoms. The fourth-order valence-electron chi connectivity index (χ4n) is 4.05. The number of carbonyl (C=O) groups is 1. The minimum atomic E-state index is -0.242. The number of aromatic nitrogens is 1. The number of aryl methyl sites for hydroxylation is 2. The quantitative estimate of drug-likeness (QED) is 0.718. The van der Waals surface area contributed by atoms with E-state index in [0.29, 0.717) is 0 Å². The van der Waals surface area contributed by atoms with Crippen LogP contribution < -0.4 is 5.32 Å². The van der Waals surface area contributed by atoms with Crippen LogP contribution in [0.5, 0.6) is 0 Å². The van der Waals surface area contributed by atoms with Gasteiger partial charge >= 0.3 is 0 Å². The minimum Gasteiger partial charge on any atom is -0.346 e. The maximum absolute atomic E-state index is 13.2. The monoisotopic (exact) mass is 342 g/mol.